The number of halogens is 2. The highest BCUT2D eigenvalue weighted by molar-refractivity contribution is 9.10. The molecule has 0 bridgehead atoms. The predicted molar refractivity (Wildman–Crippen MR) is 57.2 cm³/mol. The van der Waals surface area contributed by atoms with Crippen molar-refractivity contribution in [2.45, 2.75) is 6.92 Å². The summed E-state index contributed by atoms with van der Waals surface area (Å²) in [6.45, 7) is 2.01. The van der Waals surface area contributed by atoms with Crippen LogP contribution in [0, 0.1) is 6.92 Å². The monoisotopic (exact) mass is 272 g/mol. The summed E-state index contributed by atoms with van der Waals surface area (Å²) in [5.41, 5.74) is 2.03. The van der Waals surface area contributed by atoms with E-state index in [1.54, 1.807) is 0 Å². The Hall–Kier alpha value is -0.870. The lowest BCUT2D eigenvalue weighted by Crippen LogP contribution is -1.83. The maximum absolute atomic E-state index is 5.54. The third-order valence-corrected chi connectivity index (χ3v) is 2.58. The fourth-order valence-corrected chi connectivity index (χ4v) is 1.90. The van der Waals surface area contributed by atoms with Crippen molar-refractivity contribution in [2.24, 2.45) is 0 Å². The number of aromatic nitrogens is 2. The number of hydrogen-bond acceptors (Lipinski definition) is 3. The lowest BCUT2D eigenvalue weighted by Gasteiger charge is -1.99. The van der Waals surface area contributed by atoms with Crippen LogP contribution in [0.3, 0.4) is 0 Å². The van der Waals surface area contributed by atoms with Gasteiger partial charge in [-0.15, -0.1) is 0 Å². The molecule has 1 heterocycles. The molecule has 72 valence electrons. The second-order valence-electron chi connectivity index (χ2n) is 2.85. The van der Waals surface area contributed by atoms with E-state index >= 15 is 0 Å². The molecule has 0 saturated carbocycles. The average Bonchev–Trinajstić information content (AvgIpc) is 2.51. The molecule has 14 heavy (non-hydrogen) atoms. The van der Waals surface area contributed by atoms with E-state index in [9.17, 15) is 0 Å². The van der Waals surface area contributed by atoms with Gasteiger partial charge in [0, 0.05) is 10.0 Å². The molecule has 0 saturated heterocycles. The quantitative estimate of drug-likeness (QED) is 0.798. The van der Waals surface area contributed by atoms with Gasteiger partial charge >= 0.3 is 5.35 Å². The topological polar surface area (TPSA) is 38.9 Å². The third kappa shape index (κ3) is 1.81. The Morgan fingerprint density at radius 2 is 2.21 bits per heavy atom. The summed E-state index contributed by atoms with van der Waals surface area (Å²) in [4.78, 5) is 3.93. The van der Waals surface area contributed by atoms with Gasteiger partial charge in [-0.3, -0.25) is 0 Å². The first-order chi connectivity index (χ1) is 6.66. The van der Waals surface area contributed by atoms with Crippen LogP contribution >= 0.6 is 27.5 Å². The zero-order valence-corrected chi connectivity index (χ0v) is 9.63. The van der Waals surface area contributed by atoms with Gasteiger partial charge in [0.1, 0.15) is 0 Å². The van der Waals surface area contributed by atoms with E-state index in [2.05, 4.69) is 30.6 Å². The molecule has 3 nitrogen and oxygen atoms in total. The van der Waals surface area contributed by atoms with Gasteiger partial charge in [0.15, 0.2) is 0 Å². The van der Waals surface area contributed by atoms with Crippen molar-refractivity contribution in [1.82, 2.24) is 10.1 Å². The van der Waals surface area contributed by atoms with E-state index in [1.165, 1.54) is 0 Å². The highest BCUT2D eigenvalue weighted by atomic mass is 79.9. The zero-order valence-electron chi connectivity index (χ0n) is 7.29. The maximum Gasteiger partial charge on any atom is 0.320 e. The van der Waals surface area contributed by atoms with E-state index in [0.29, 0.717) is 5.82 Å². The molecule has 0 aliphatic rings. The fraction of sp³-hybridized carbons (Fsp3) is 0.111. The Kier molecular flexibility index (Phi) is 2.56. The highest BCUT2D eigenvalue weighted by Gasteiger charge is 2.09. The highest BCUT2D eigenvalue weighted by Crippen LogP contribution is 2.27. The molecule has 0 atom stereocenters. The number of benzene rings is 1. The van der Waals surface area contributed by atoms with Gasteiger partial charge in [0.25, 0.3) is 0 Å². The molecule has 0 aliphatic heterocycles. The van der Waals surface area contributed by atoms with E-state index in [-0.39, 0.29) is 5.35 Å². The minimum absolute atomic E-state index is 0.0486. The average molecular weight is 274 g/mol. The van der Waals surface area contributed by atoms with Crippen LogP contribution in [-0.2, 0) is 0 Å². The largest absolute Gasteiger partial charge is 0.321 e. The molecule has 2 aromatic rings. The molecule has 1 aromatic heterocycles. The number of rotatable bonds is 1. The van der Waals surface area contributed by atoms with Gasteiger partial charge in [-0.1, -0.05) is 27.2 Å². The van der Waals surface area contributed by atoms with Gasteiger partial charge in [0.05, 0.1) is 0 Å². The minimum atomic E-state index is 0.0486. The van der Waals surface area contributed by atoms with Crippen molar-refractivity contribution >= 4 is 27.5 Å². The second kappa shape index (κ2) is 3.71. The van der Waals surface area contributed by atoms with Crippen LogP contribution in [-0.4, -0.2) is 10.1 Å². The Morgan fingerprint density at radius 1 is 1.43 bits per heavy atom. The summed E-state index contributed by atoms with van der Waals surface area (Å²) in [5, 5.41) is 3.78. The molecule has 1 aromatic carbocycles. The smallest absolute Gasteiger partial charge is 0.320 e. The summed E-state index contributed by atoms with van der Waals surface area (Å²) in [6, 6.07) is 5.88. The van der Waals surface area contributed by atoms with Gasteiger partial charge in [-0.05, 0) is 36.2 Å². The number of nitrogens with zero attached hydrogens (tertiary/aromatic N) is 2. The molecule has 0 fully saturated rings. The number of hydrogen-bond donors (Lipinski definition) is 0. The molecule has 0 unspecified atom stereocenters. The molecule has 0 radical (unpaired) electrons. The zero-order chi connectivity index (χ0) is 10.1. The third-order valence-electron chi connectivity index (χ3n) is 1.77. The van der Waals surface area contributed by atoms with E-state index in [0.717, 1.165) is 15.6 Å². The lowest BCUT2D eigenvalue weighted by molar-refractivity contribution is 0.421. The van der Waals surface area contributed by atoms with Gasteiger partial charge in [-0.25, -0.2) is 0 Å². The molecular weight excluding hydrogens is 267 g/mol. The van der Waals surface area contributed by atoms with Gasteiger partial charge in [-0.2, -0.15) is 4.98 Å². The first-order valence-corrected chi connectivity index (χ1v) is 5.09. The summed E-state index contributed by atoms with van der Waals surface area (Å²) < 4.78 is 5.61. The summed E-state index contributed by atoms with van der Waals surface area (Å²) >= 11 is 8.97. The summed E-state index contributed by atoms with van der Waals surface area (Å²) in [7, 11) is 0. The summed E-state index contributed by atoms with van der Waals surface area (Å²) in [5.74, 6) is 0.488. The van der Waals surface area contributed by atoms with Crippen LogP contribution in [0.2, 0.25) is 5.35 Å². The lowest BCUT2D eigenvalue weighted by atomic mass is 10.1. The van der Waals surface area contributed by atoms with Crippen molar-refractivity contribution in [3.8, 4) is 11.4 Å². The van der Waals surface area contributed by atoms with Crippen molar-refractivity contribution < 1.29 is 4.52 Å². The molecule has 0 spiro atoms. The Balaban J connectivity index is 2.52. The van der Waals surface area contributed by atoms with E-state index in [1.807, 2.05) is 25.1 Å². The van der Waals surface area contributed by atoms with Crippen LogP contribution in [0.15, 0.2) is 27.2 Å². The minimum Gasteiger partial charge on any atom is -0.321 e. The molecule has 0 N–H and O–H groups in total. The molecule has 5 heteroatoms. The Labute approximate surface area is 94.2 Å². The standard InChI is InChI=1S/C9H6BrClN2O/c1-5-2-3-6(7(10)4-5)8-12-9(11)14-13-8/h2-4H,1H3. The number of aryl methyl sites for hydroxylation is 1. The Bertz CT molecular complexity index is 470. The molecule has 0 amide bonds. The molecule has 2 rings (SSSR count). The predicted octanol–water partition coefficient (Wildman–Crippen LogP) is 3.46. The molecular formula is C9H6BrClN2O. The maximum atomic E-state index is 5.54. The first kappa shape index (κ1) is 9.68. The summed E-state index contributed by atoms with van der Waals surface area (Å²) in [6.07, 6.45) is 0. The second-order valence-corrected chi connectivity index (χ2v) is 4.03. The van der Waals surface area contributed by atoms with Gasteiger partial charge in [0.2, 0.25) is 5.82 Å². The van der Waals surface area contributed by atoms with Crippen molar-refractivity contribution in [3.63, 3.8) is 0 Å². The van der Waals surface area contributed by atoms with Crippen LogP contribution in [0.4, 0.5) is 0 Å². The Morgan fingerprint density at radius 3 is 2.79 bits per heavy atom. The van der Waals surface area contributed by atoms with Crippen molar-refractivity contribution in [3.05, 3.63) is 33.6 Å². The molecule has 0 aliphatic carbocycles. The fourth-order valence-electron chi connectivity index (χ4n) is 1.12. The van der Waals surface area contributed by atoms with E-state index in [4.69, 9.17) is 11.6 Å². The first-order valence-electron chi connectivity index (χ1n) is 3.92. The van der Waals surface area contributed by atoms with Crippen LogP contribution < -0.4 is 0 Å². The van der Waals surface area contributed by atoms with Gasteiger partial charge < -0.3 is 4.52 Å². The van der Waals surface area contributed by atoms with E-state index < -0.39 is 0 Å². The van der Waals surface area contributed by atoms with Crippen LogP contribution in [0.1, 0.15) is 5.56 Å². The van der Waals surface area contributed by atoms with Crippen LogP contribution in [0.5, 0.6) is 0 Å². The van der Waals surface area contributed by atoms with Crippen LogP contribution in [0.25, 0.3) is 11.4 Å². The van der Waals surface area contributed by atoms with Crippen molar-refractivity contribution in [1.29, 1.82) is 0 Å². The van der Waals surface area contributed by atoms with Crippen molar-refractivity contribution in [2.75, 3.05) is 0 Å². The SMILES string of the molecule is Cc1ccc(-c2noc(Cl)n2)c(Br)c1. The normalized spacial score (nSPS) is 10.5.